The van der Waals surface area contributed by atoms with Crippen molar-refractivity contribution in [1.29, 1.82) is 0 Å². The molecule has 3 fully saturated rings. The Morgan fingerprint density at radius 3 is 2.35 bits per heavy atom. The molecular formula is C12H20N2O5S. The third-order valence-electron chi connectivity index (χ3n) is 4.60. The number of hydrogen-bond acceptors (Lipinski definition) is 4. The molecule has 2 N–H and O–H groups in total. The molecule has 3 rings (SSSR count). The Balaban J connectivity index is 1.73. The van der Waals surface area contributed by atoms with E-state index in [1.54, 1.807) is 0 Å². The molecule has 0 spiro atoms. The van der Waals surface area contributed by atoms with E-state index in [0.717, 1.165) is 23.6 Å². The molecule has 0 amide bonds. The van der Waals surface area contributed by atoms with Crippen molar-refractivity contribution in [3.8, 4) is 0 Å². The predicted octanol–water partition coefficient (Wildman–Crippen LogP) is -0.373. The van der Waals surface area contributed by atoms with Crippen molar-refractivity contribution >= 4 is 16.2 Å². The number of β-amino-alcohol motifs (C(OH)–C–C–N with tert-alkyl or cyclic N) is 1. The first-order valence-electron chi connectivity index (χ1n) is 7.07. The van der Waals surface area contributed by atoms with Crippen LogP contribution in [0.1, 0.15) is 32.1 Å². The quantitative estimate of drug-likeness (QED) is 0.738. The van der Waals surface area contributed by atoms with Crippen LogP contribution in [0.4, 0.5) is 0 Å². The lowest BCUT2D eigenvalue weighted by Crippen LogP contribution is -2.68. The molecule has 1 unspecified atom stereocenters. The fourth-order valence-electron chi connectivity index (χ4n) is 3.18. The highest BCUT2D eigenvalue weighted by Gasteiger charge is 2.56. The molecule has 1 saturated carbocycles. The molecule has 0 aromatic rings. The van der Waals surface area contributed by atoms with Gasteiger partial charge in [-0.15, -0.1) is 0 Å². The average Bonchev–Trinajstić information content (AvgIpc) is 3.19. The van der Waals surface area contributed by atoms with Gasteiger partial charge in [0.05, 0.1) is 5.60 Å². The number of aliphatic carboxylic acids is 1. The summed E-state index contributed by atoms with van der Waals surface area (Å²) in [6.45, 7) is 0.448. The molecule has 2 heterocycles. The molecular weight excluding hydrogens is 284 g/mol. The zero-order chi connectivity index (χ0) is 14.5. The summed E-state index contributed by atoms with van der Waals surface area (Å²) in [5.41, 5.74) is -0.887. The second kappa shape index (κ2) is 4.66. The number of nitrogens with zero attached hydrogens (tertiary/aromatic N) is 2. The van der Waals surface area contributed by atoms with Crippen LogP contribution in [0.2, 0.25) is 0 Å². The Hall–Kier alpha value is -0.700. The van der Waals surface area contributed by atoms with Gasteiger partial charge in [0, 0.05) is 19.6 Å². The minimum atomic E-state index is -3.77. The molecule has 3 aliphatic rings. The summed E-state index contributed by atoms with van der Waals surface area (Å²) in [5.74, 6) is -0.878. The van der Waals surface area contributed by atoms with E-state index in [1.807, 2.05) is 0 Å². The van der Waals surface area contributed by atoms with Crippen LogP contribution in [-0.2, 0) is 15.0 Å². The largest absolute Gasteiger partial charge is 0.480 e. The van der Waals surface area contributed by atoms with Crippen LogP contribution in [0.5, 0.6) is 0 Å². The lowest BCUT2D eigenvalue weighted by molar-refractivity contribution is -0.142. The van der Waals surface area contributed by atoms with Crippen molar-refractivity contribution in [2.24, 2.45) is 5.92 Å². The van der Waals surface area contributed by atoms with Crippen molar-refractivity contribution in [2.75, 3.05) is 19.6 Å². The number of carboxylic acid groups (broad SMARTS) is 1. The van der Waals surface area contributed by atoms with Gasteiger partial charge in [-0.1, -0.05) is 0 Å². The zero-order valence-corrected chi connectivity index (χ0v) is 12.0. The van der Waals surface area contributed by atoms with Gasteiger partial charge in [-0.25, -0.2) is 0 Å². The maximum atomic E-state index is 12.5. The topological polar surface area (TPSA) is 98.2 Å². The Morgan fingerprint density at radius 1 is 1.15 bits per heavy atom. The van der Waals surface area contributed by atoms with Gasteiger partial charge in [0.25, 0.3) is 10.2 Å². The van der Waals surface area contributed by atoms with Crippen LogP contribution in [0, 0.1) is 5.92 Å². The van der Waals surface area contributed by atoms with Crippen LogP contribution in [0.15, 0.2) is 0 Å². The summed E-state index contributed by atoms with van der Waals surface area (Å²) in [6.07, 6.45) is 3.67. The number of carboxylic acids is 1. The van der Waals surface area contributed by atoms with Crippen molar-refractivity contribution < 1.29 is 23.4 Å². The molecule has 0 bridgehead atoms. The highest BCUT2D eigenvalue weighted by molar-refractivity contribution is 7.86. The summed E-state index contributed by atoms with van der Waals surface area (Å²) in [7, 11) is -3.77. The van der Waals surface area contributed by atoms with Crippen LogP contribution in [0.25, 0.3) is 0 Å². The number of hydrogen-bond donors (Lipinski definition) is 2. The van der Waals surface area contributed by atoms with E-state index in [2.05, 4.69) is 0 Å². The van der Waals surface area contributed by atoms with Gasteiger partial charge in [-0.2, -0.15) is 17.0 Å². The van der Waals surface area contributed by atoms with Gasteiger partial charge >= 0.3 is 5.97 Å². The first-order valence-corrected chi connectivity index (χ1v) is 8.46. The minimum Gasteiger partial charge on any atom is -0.480 e. The fraction of sp³-hybridized carbons (Fsp3) is 0.917. The highest BCUT2D eigenvalue weighted by Crippen LogP contribution is 2.45. The number of carbonyl (C=O) groups is 1. The SMILES string of the molecule is O=C(O)C1CCCCN1S(=O)(=O)N1CC(O)(C2CC2)C1. The van der Waals surface area contributed by atoms with Crippen molar-refractivity contribution in [1.82, 2.24) is 8.61 Å². The average molecular weight is 304 g/mol. The lowest BCUT2D eigenvalue weighted by atomic mass is 9.91. The van der Waals surface area contributed by atoms with Crippen LogP contribution >= 0.6 is 0 Å². The third kappa shape index (κ3) is 2.24. The van der Waals surface area contributed by atoms with Gasteiger partial charge < -0.3 is 10.2 Å². The minimum absolute atomic E-state index is 0.100. The summed E-state index contributed by atoms with van der Waals surface area (Å²) in [6, 6.07) is -0.969. The van der Waals surface area contributed by atoms with E-state index in [0.29, 0.717) is 12.8 Å². The van der Waals surface area contributed by atoms with Gasteiger partial charge in [-0.3, -0.25) is 4.79 Å². The number of rotatable bonds is 4. The van der Waals surface area contributed by atoms with E-state index < -0.39 is 27.8 Å². The summed E-state index contributed by atoms with van der Waals surface area (Å²) >= 11 is 0. The predicted molar refractivity (Wildman–Crippen MR) is 70.1 cm³/mol. The van der Waals surface area contributed by atoms with E-state index in [9.17, 15) is 23.4 Å². The molecule has 1 aliphatic carbocycles. The molecule has 7 nitrogen and oxygen atoms in total. The molecule has 2 aliphatic heterocycles. The van der Waals surface area contributed by atoms with Crippen LogP contribution in [-0.4, -0.2) is 64.5 Å². The Labute approximate surface area is 118 Å². The normalized spacial score (nSPS) is 31.8. The van der Waals surface area contributed by atoms with Crippen molar-refractivity contribution in [3.63, 3.8) is 0 Å². The summed E-state index contributed by atoms with van der Waals surface area (Å²) < 4.78 is 27.3. The zero-order valence-electron chi connectivity index (χ0n) is 11.2. The first-order chi connectivity index (χ1) is 9.34. The molecule has 20 heavy (non-hydrogen) atoms. The smallest absolute Gasteiger partial charge is 0.322 e. The van der Waals surface area contributed by atoms with E-state index in [1.165, 1.54) is 4.31 Å². The molecule has 114 valence electrons. The maximum absolute atomic E-state index is 12.5. The molecule has 0 aromatic heterocycles. The van der Waals surface area contributed by atoms with Crippen molar-refractivity contribution in [3.05, 3.63) is 0 Å². The van der Waals surface area contributed by atoms with E-state index in [4.69, 9.17) is 0 Å². The second-order valence-electron chi connectivity index (χ2n) is 6.11. The molecule has 0 aromatic carbocycles. The summed E-state index contributed by atoms with van der Waals surface area (Å²) in [5, 5.41) is 19.4. The monoisotopic (exact) mass is 304 g/mol. The van der Waals surface area contributed by atoms with Gasteiger partial charge in [0.1, 0.15) is 6.04 Å². The lowest BCUT2D eigenvalue weighted by Gasteiger charge is -2.48. The molecule has 8 heteroatoms. The Bertz CT molecular complexity index is 510. The second-order valence-corrected chi connectivity index (χ2v) is 8.00. The Morgan fingerprint density at radius 2 is 1.80 bits per heavy atom. The van der Waals surface area contributed by atoms with Crippen molar-refractivity contribution in [2.45, 2.75) is 43.7 Å². The van der Waals surface area contributed by atoms with Crippen LogP contribution in [0.3, 0.4) is 0 Å². The Kier molecular flexibility index (Phi) is 3.32. The van der Waals surface area contributed by atoms with Gasteiger partial charge in [-0.05, 0) is 38.0 Å². The number of aliphatic hydroxyl groups is 1. The molecule has 2 saturated heterocycles. The standard InChI is InChI=1S/C12H20N2O5S/c15-11(16)10-3-1-2-6-14(10)20(18,19)13-7-12(17,8-13)9-4-5-9/h9-10,17H,1-8H2,(H,15,16). The fourth-order valence-corrected chi connectivity index (χ4v) is 5.13. The summed E-state index contributed by atoms with van der Waals surface area (Å²) in [4.78, 5) is 11.2. The number of piperidine rings is 1. The van der Waals surface area contributed by atoms with Crippen LogP contribution < -0.4 is 0 Å². The highest BCUT2D eigenvalue weighted by atomic mass is 32.2. The van der Waals surface area contributed by atoms with E-state index in [-0.39, 0.29) is 25.6 Å². The first kappa shape index (κ1) is 14.2. The van der Waals surface area contributed by atoms with Gasteiger partial charge in [0.2, 0.25) is 0 Å². The van der Waals surface area contributed by atoms with Gasteiger partial charge in [0.15, 0.2) is 0 Å². The van der Waals surface area contributed by atoms with E-state index >= 15 is 0 Å². The molecule has 0 radical (unpaired) electrons. The molecule has 1 atom stereocenters. The third-order valence-corrected chi connectivity index (χ3v) is 6.54. The maximum Gasteiger partial charge on any atom is 0.322 e.